The Morgan fingerprint density at radius 2 is 1.52 bits per heavy atom. The molecule has 6 nitrogen and oxygen atoms in total. The number of hydrogen-bond acceptors (Lipinski definition) is 6. The minimum Gasteiger partial charge on any atom is -0.497 e. The number of carbonyl (C=O) groups excluding carboxylic acids is 1. The predicted octanol–water partition coefficient (Wildman–Crippen LogP) is 4.09. The van der Waals surface area contributed by atoms with Crippen LogP contribution in [0.15, 0.2) is 88.9 Å². The topological polar surface area (TPSA) is 84.8 Å². The SMILES string of the molecule is COc1ccc(NN=C(C(=O)c2ccccc2)S(=O)(=O)c2ccc(C)cc2)cc1. The smallest absolute Gasteiger partial charge is 0.229 e. The Labute approximate surface area is 169 Å². The molecule has 0 fully saturated rings. The van der Waals surface area contributed by atoms with Crippen molar-refractivity contribution in [3.8, 4) is 5.75 Å². The molecule has 29 heavy (non-hydrogen) atoms. The molecule has 3 rings (SSSR count). The summed E-state index contributed by atoms with van der Waals surface area (Å²) < 4.78 is 31.4. The van der Waals surface area contributed by atoms with Crippen molar-refractivity contribution in [1.82, 2.24) is 0 Å². The van der Waals surface area contributed by atoms with E-state index >= 15 is 0 Å². The summed E-state index contributed by atoms with van der Waals surface area (Å²) in [6.45, 7) is 1.85. The molecule has 3 aromatic carbocycles. The van der Waals surface area contributed by atoms with Gasteiger partial charge in [-0.1, -0.05) is 48.0 Å². The van der Waals surface area contributed by atoms with Crippen LogP contribution < -0.4 is 10.2 Å². The van der Waals surface area contributed by atoms with E-state index in [4.69, 9.17) is 4.74 Å². The van der Waals surface area contributed by atoms with Crippen LogP contribution in [0.5, 0.6) is 5.75 Å². The summed E-state index contributed by atoms with van der Waals surface area (Å²) in [6.07, 6.45) is 0. The summed E-state index contributed by atoms with van der Waals surface area (Å²) in [7, 11) is -2.59. The maximum absolute atomic E-state index is 13.2. The van der Waals surface area contributed by atoms with Crippen molar-refractivity contribution in [2.24, 2.45) is 5.10 Å². The van der Waals surface area contributed by atoms with Gasteiger partial charge in [-0.05, 0) is 43.3 Å². The number of ether oxygens (including phenoxy) is 1. The highest BCUT2D eigenvalue weighted by Crippen LogP contribution is 2.19. The maximum Gasteiger partial charge on any atom is 0.229 e. The van der Waals surface area contributed by atoms with Gasteiger partial charge in [0.15, 0.2) is 0 Å². The summed E-state index contributed by atoms with van der Waals surface area (Å²) in [5.41, 5.74) is 4.33. The molecule has 0 aromatic heterocycles. The second kappa shape index (κ2) is 8.70. The van der Waals surface area contributed by atoms with E-state index in [1.165, 1.54) is 12.1 Å². The summed E-state index contributed by atoms with van der Waals surface area (Å²) in [5, 5.41) is 3.40. The molecule has 0 heterocycles. The van der Waals surface area contributed by atoms with E-state index in [0.29, 0.717) is 11.4 Å². The van der Waals surface area contributed by atoms with Crippen molar-refractivity contribution in [2.45, 2.75) is 11.8 Å². The van der Waals surface area contributed by atoms with E-state index in [0.717, 1.165) is 5.56 Å². The van der Waals surface area contributed by atoms with Crippen LogP contribution in [0.1, 0.15) is 15.9 Å². The van der Waals surface area contributed by atoms with Gasteiger partial charge in [0.1, 0.15) is 5.75 Å². The minimum absolute atomic E-state index is 0.00246. The molecule has 0 unspecified atom stereocenters. The van der Waals surface area contributed by atoms with Gasteiger partial charge in [-0.2, -0.15) is 5.10 Å². The Kier molecular flexibility index (Phi) is 6.09. The summed E-state index contributed by atoms with van der Waals surface area (Å²) in [5.74, 6) is -0.0421. The van der Waals surface area contributed by atoms with Crippen molar-refractivity contribution in [1.29, 1.82) is 0 Å². The first kappa shape index (κ1) is 20.3. The summed E-state index contributed by atoms with van der Waals surface area (Å²) in [6, 6.07) is 21.2. The van der Waals surface area contributed by atoms with Crippen molar-refractivity contribution < 1.29 is 17.9 Å². The van der Waals surface area contributed by atoms with Gasteiger partial charge in [0.05, 0.1) is 17.7 Å². The van der Waals surface area contributed by atoms with Gasteiger partial charge in [-0.15, -0.1) is 0 Å². The molecule has 0 radical (unpaired) electrons. The van der Waals surface area contributed by atoms with E-state index < -0.39 is 20.7 Å². The molecule has 0 saturated heterocycles. The number of Topliss-reactive ketones (excluding diaryl/α,β-unsaturated/α-hetero) is 1. The average Bonchev–Trinajstić information content (AvgIpc) is 2.75. The normalized spacial score (nSPS) is 11.7. The molecule has 0 bridgehead atoms. The molecule has 3 aromatic rings. The van der Waals surface area contributed by atoms with E-state index in [-0.39, 0.29) is 10.5 Å². The van der Waals surface area contributed by atoms with Gasteiger partial charge in [0.2, 0.25) is 20.7 Å². The lowest BCUT2D eigenvalue weighted by Crippen LogP contribution is -2.26. The first-order valence-corrected chi connectivity index (χ1v) is 10.3. The van der Waals surface area contributed by atoms with Crippen LogP contribution in [-0.4, -0.2) is 26.4 Å². The number of nitrogens with zero attached hydrogens (tertiary/aromatic N) is 1. The number of carbonyl (C=O) groups is 1. The zero-order valence-electron chi connectivity index (χ0n) is 16.0. The number of anilines is 1. The molecule has 1 N–H and O–H groups in total. The Morgan fingerprint density at radius 3 is 2.10 bits per heavy atom. The van der Waals surface area contributed by atoms with Gasteiger partial charge in [-0.25, -0.2) is 8.42 Å². The fourth-order valence-electron chi connectivity index (χ4n) is 2.56. The molecular formula is C22H20N2O4S. The molecule has 0 aliphatic carbocycles. The van der Waals surface area contributed by atoms with Crippen LogP contribution in [0.3, 0.4) is 0 Å². The number of sulfone groups is 1. The second-order valence-corrected chi connectivity index (χ2v) is 8.13. The number of ketones is 1. The highest BCUT2D eigenvalue weighted by atomic mass is 32.2. The predicted molar refractivity (Wildman–Crippen MR) is 113 cm³/mol. The van der Waals surface area contributed by atoms with Crippen LogP contribution in [0.2, 0.25) is 0 Å². The summed E-state index contributed by atoms with van der Waals surface area (Å²) in [4.78, 5) is 13.0. The molecule has 0 aliphatic heterocycles. The number of aryl methyl sites for hydroxylation is 1. The minimum atomic E-state index is -4.13. The van der Waals surface area contributed by atoms with Crippen LogP contribution in [-0.2, 0) is 9.84 Å². The van der Waals surface area contributed by atoms with Crippen LogP contribution in [0, 0.1) is 6.92 Å². The Morgan fingerprint density at radius 1 is 0.897 bits per heavy atom. The maximum atomic E-state index is 13.2. The van der Waals surface area contributed by atoms with Crippen molar-refractivity contribution >= 4 is 26.4 Å². The van der Waals surface area contributed by atoms with Gasteiger partial charge >= 0.3 is 0 Å². The molecular weight excluding hydrogens is 388 g/mol. The van der Waals surface area contributed by atoms with Crippen LogP contribution in [0.4, 0.5) is 5.69 Å². The van der Waals surface area contributed by atoms with Crippen LogP contribution in [0.25, 0.3) is 0 Å². The fraction of sp³-hybridized carbons (Fsp3) is 0.0909. The number of benzene rings is 3. The summed E-state index contributed by atoms with van der Waals surface area (Å²) >= 11 is 0. The third kappa shape index (κ3) is 4.70. The third-order valence-corrected chi connectivity index (χ3v) is 5.87. The van der Waals surface area contributed by atoms with Gasteiger partial charge in [-0.3, -0.25) is 10.2 Å². The average molecular weight is 408 g/mol. The third-order valence-electron chi connectivity index (χ3n) is 4.19. The molecule has 7 heteroatoms. The Balaban J connectivity index is 2.03. The van der Waals surface area contributed by atoms with Gasteiger partial charge < -0.3 is 4.74 Å². The largest absolute Gasteiger partial charge is 0.497 e. The van der Waals surface area contributed by atoms with Gasteiger partial charge in [0, 0.05) is 5.56 Å². The van der Waals surface area contributed by atoms with E-state index in [1.807, 2.05) is 6.92 Å². The van der Waals surface area contributed by atoms with Crippen molar-refractivity contribution in [3.63, 3.8) is 0 Å². The molecule has 0 aliphatic rings. The molecule has 0 spiro atoms. The Bertz CT molecular complexity index is 1120. The number of nitrogens with one attached hydrogen (secondary N) is 1. The van der Waals surface area contributed by atoms with Crippen molar-refractivity contribution in [3.05, 3.63) is 90.0 Å². The highest BCUT2D eigenvalue weighted by Gasteiger charge is 2.30. The Hall–Kier alpha value is -3.45. The lowest BCUT2D eigenvalue weighted by molar-refractivity contribution is 0.106. The molecule has 148 valence electrons. The zero-order valence-corrected chi connectivity index (χ0v) is 16.8. The van der Waals surface area contributed by atoms with E-state index in [9.17, 15) is 13.2 Å². The first-order chi connectivity index (χ1) is 13.9. The fourth-order valence-corrected chi connectivity index (χ4v) is 3.80. The number of methoxy groups -OCH3 is 1. The van der Waals surface area contributed by atoms with E-state index in [1.54, 1.807) is 73.8 Å². The molecule has 0 saturated carbocycles. The van der Waals surface area contributed by atoms with Gasteiger partial charge in [0.25, 0.3) is 0 Å². The monoisotopic (exact) mass is 408 g/mol. The lowest BCUT2D eigenvalue weighted by Gasteiger charge is -2.09. The van der Waals surface area contributed by atoms with E-state index in [2.05, 4.69) is 10.5 Å². The molecule has 0 atom stereocenters. The zero-order chi connectivity index (χ0) is 20.9. The van der Waals surface area contributed by atoms with Crippen molar-refractivity contribution in [2.75, 3.05) is 12.5 Å². The lowest BCUT2D eigenvalue weighted by atomic mass is 10.1. The number of hydrazone groups is 1. The second-order valence-electron chi connectivity index (χ2n) is 6.27. The standard InChI is InChI=1S/C22H20N2O4S/c1-16-8-14-20(15-9-16)29(26,27)22(21(25)17-6-4-3-5-7-17)24-23-18-10-12-19(28-2)13-11-18/h3-15,23H,1-2H3. The first-order valence-electron chi connectivity index (χ1n) is 8.81. The quantitative estimate of drug-likeness (QED) is 0.287. The number of hydrogen-bond donors (Lipinski definition) is 1. The molecule has 0 amide bonds. The van der Waals surface area contributed by atoms with Crippen LogP contribution >= 0.6 is 0 Å². The number of rotatable bonds is 6. The highest BCUT2D eigenvalue weighted by molar-refractivity contribution is 8.08.